The van der Waals surface area contributed by atoms with Gasteiger partial charge in [-0.1, -0.05) is 44.2 Å². The molecule has 0 aromatic heterocycles. The van der Waals surface area contributed by atoms with Gasteiger partial charge >= 0.3 is 0 Å². The highest BCUT2D eigenvalue weighted by Crippen LogP contribution is 2.01. The molecule has 0 fully saturated rings. The van der Waals surface area contributed by atoms with Gasteiger partial charge in [0.2, 0.25) is 5.91 Å². The van der Waals surface area contributed by atoms with Crippen molar-refractivity contribution in [1.29, 1.82) is 0 Å². The van der Waals surface area contributed by atoms with Crippen molar-refractivity contribution in [3.8, 4) is 0 Å². The Morgan fingerprint density at radius 3 is 2.47 bits per heavy atom. The zero-order valence-electron chi connectivity index (χ0n) is 11.9. The Morgan fingerprint density at radius 2 is 1.89 bits per heavy atom. The summed E-state index contributed by atoms with van der Waals surface area (Å²) in [7, 11) is 0. The minimum absolute atomic E-state index is 0.0731. The highest BCUT2D eigenvalue weighted by Gasteiger charge is 2.13. The van der Waals surface area contributed by atoms with Crippen LogP contribution in [0, 0.1) is 0 Å². The number of likely N-dealkylation sites (N-methyl/N-ethyl adjacent to an activating group) is 1. The maximum atomic E-state index is 11.9. The van der Waals surface area contributed by atoms with Crippen LogP contribution in [0.4, 0.5) is 0 Å². The van der Waals surface area contributed by atoms with Gasteiger partial charge in [0.25, 0.3) is 0 Å². The summed E-state index contributed by atoms with van der Waals surface area (Å²) in [6.07, 6.45) is 0.581. The molecule has 0 saturated heterocycles. The van der Waals surface area contributed by atoms with Gasteiger partial charge in [0, 0.05) is 13.1 Å². The number of nitrogens with one attached hydrogen (secondary N) is 1. The summed E-state index contributed by atoms with van der Waals surface area (Å²) in [6, 6.07) is 9.38. The van der Waals surface area contributed by atoms with Gasteiger partial charge in [0.1, 0.15) is 0 Å². The van der Waals surface area contributed by atoms with Crippen LogP contribution < -0.4 is 11.1 Å². The molecule has 1 atom stereocenters. The van der Waals surface area contributed by atoms with Crippen LogP contribution in [0.15, 0.2) is 30.3 Å². The minimum Gasteiger partial charge on any atom is -0.353 e. The molecule has 1 aromatic carbocycles. The van der Waals surface area contributed by atoms with Gasteiger partial charge in [-0.15, -0.1) is 0 Å². The summed E-state index contributed by atoms with van der Waals surface area (Å²) in [5, 5.41) is 2.90. The van der Waals surface area contributed by atoms with Crippen molar-refractivity contribution in [3.05, 3.63) is 35.9 Å². The monoisotopic (exact) mass is 263 g/mol. The fraction of sp³-hybridized carbons (Fsp3) is 0.533. The van der Waals surface area contributed by atoms with E-state index in [0.29, 0.717) is 13.0 Å². The van der Waals surface area contributed by atoms with Gasteiger partial charge in [-0.2, -0.15) is 0 Å². The van der Waals surface area contributed by atoms with Crippen molar-refractivity contribution in [1.82, 2.24) is 10.2 Å². The second kappa shape index (κ2) is 8.67. The van der Waals surface area contributed by atoms with Crippen LogP contribution in [0.5, 0.6) is 0 Å². The van der Waals surface area contributed by atoms with E-state index in [1.165, 1.54) is 0 Å². The number of rotatable bonds is 8. The van der Waals surface area contributed by atoms with E-state index in [4.69, 9.17) is 5.73 Å². The smallest absolute Gasteiger partial charge is 0.237 e. The second-order valence-electron chi connectivity index (χ2n) is 4.61. The number of hydrogen-bond donors (Lipinski definition) is 2. The largest absolute Gasteiger partial charge is 0.353 e. The van der Waals surface area contributed by atoms with E-state index in [9.17, 15) is 4.79 Å². The van der Waals surface area contributed by atoms with Crippen molar-refractivity contribution in [2.75, 3.05) is 26.2 Å². The first-order valence-corrected chi connectivity index (χ1v) is 6.97. The van der Waals surface area contributed by atoms with Crippen LogP contribution >= 0.6 is 0 Å². The Bertz CT molecular complexity index is 363. The van der Waals surface area contributed by atoms with Gasteiger partial charge in [-0.05, 0) is 25.1 Å². The highest BCUT2D eigenvalue weighted by atomic mass is 16.2. The van der Waals surface area contributed by atoms with E-state index in [-0.39, 0.29) is 5.91 Å². The van der Waals surface area contributed by atoms with Gasteiger partial charge < -0.3 is 16.0 Å². The Hall–Kier alpha value is -1.39. The summed E-state index contributed by atoms with van der Waals surface area (Å²) in [5.41, 5.74) is 7.00. The predicted molar refractivity (Wildman–Crippen MR) is 78.9 cm³/mol. The molecule has 0 radical (unpaired) electrons. The topological polar surface area (TPSA) is 58.4 Å². The average molecular weight is 263 g/mol. The van der Waals surface area contributed by atoms with Crippen LogP contribution in [-0.4, -0.2) is 43.0 Å². The number of nitrogens with zero attached hydrogens (tertiary/aromatic N) is 1. The predicted octanol–water partition coefficient (Wildman–Crippen LogP) is 1.01. The van der Waals surface area contributed by atoms with Crippen LogP contribution in [0.2, 0.25) is 0 Å². The second-order valence-corrected chi connectivity index (χ2v) is 4.61. The highest BCUT2D eigenvalue weighted by molar-refractivity contribution is 5.81. The lowest BCUT2D eigenvalue weighted by atomic mass is 10.1. The quantitative estimate of drug-likeness (QED) is 0.736. The normalized spacial score (nSPS) is 12.4. The zero-order valence-corrected chi connectivity index (χ0v) is 11.9. The lowest BCUT2D eigenvalue weighted by molar-refractivity contribution is -0.122. The van der Waals surface area contributed by atoms with Crippen molar-refractivity contribution in [2.24, 2.45) is 5.73 Å². The number of carbonyl (C=O) groups excluding carboxylic acids is 1. The molecule has 0 bridgehead atoms. The molecule has 0 aliphatic heterocycles. The molecule has 0 saturated carbocycles. The molecule has 0 unspecified atom stereocenters. The van der Waals surface area contributed by atoms with E-state index >= 15 is 0 Å². The van der Waals surface area contributed by atoms with Gasteiger partial charge in [-0.3, -0.25) is 4.79 Å². The first kappa shape index (κ1) is 15.7. The molecule has 106 valence electrons. The molecule has 0 spiro atoms. The van der Waals surface area contributed by atoms with E-state index in [0.717, 1.165) is 25.2 Å². The Balaban J connectivity index is 2.29. The maximum Gasteiger partial charge on any atom is 0.237 e. The summed E-state index contributed by atoms with van der Waals surface area (Å²) >= 11 is 0. The zero-order chi connectivity index (χ0) is 14.1. The lowest BCUT2D eigenvalue weighted by Crippen LogP contribution is -2.44. The Morgan fingerprint density at radius 1 is 1.26 bits per heavy atom. The summed E-state index contributed by atoms with van der Waals surface area (Å²) < 4.78 is 0. The number of benzene rings is 1. The fourth-order valence-electron chi connectivity index (χ4n) is 1.97. The Labute approximate surface area is 116 Å². The molecular formula is C15H25N3O. The third kappa shape index (κ3) is 5.85. The standard InChI is InChI=1S/C15H25N3O/c1-3-18(4-2)11-10-17-15(19)14(16)12-13-8-6-5-7-9-13/h5-9,14H,3-4,10-12,16H2,1-2H3,(H,17,19)/t14-/m1/s1. The lowest BCUT2D eigenvalue weighted by Gasteiger charge is -2.19. The molecular weight excluding hydrogens is 238 g/mol. The summed E-state index contributed by atoms with van der Waals surface area (Å²) in [5.74, 6) is -0.0731. The molecule has 1 aromatic rings. The van der Waals surface area contributed by atoms with Crippen molar-refractivity contribution < 1.29 is 4.79 Å². The maximum absolute atomic E-state index is 11.9. The van der Waals surface area contributed by atoms with Crippen molar-refractivity contribution >= 4 is 5.91 Å². The van der Waals surface area contributed by atoms with Crippen LogP contribution in [-0.2, 0) is 11.2 Å². The van der Waals surface area contributed by atoms with Crippen LogP contribution in [0.3, 0.4) is 0 Å². The number of hydrogen-bond acceptors (Lipinski definition) is 3. The van der Waals surface area contributed by atoms with E-state index in [1.807, 2.05) is 30.3 Å². The molecule has 4 nitrogen and oxygen atoms in total. The van der Waals surface area contributed by atoms with Crippen molar-refractivity contribution in [2.45, 2.75) is 26.3 Å². The van der Waals surface area contributed by atoms with E-state index < -0.39 is 6.04 Å². The van der Waals surface area contributed by atoms with Crippen LogP contribution in [0.1, 0.15) is 19.4 Å². The Kier molecular flexibility index (Phi) is 7.15. The minimum atomic E-state index is -0.473. The first-order chi connectivity index (χ1) is 9.17. The van der Waals surface area contributed by atoms with Gasteiger partial charge in [-0.25, -0.2) is 0 Å². The van der Waals surface area contributed by atoms with Gasteiger partial charge in [0.05, 0.1) is 6.04 Å². The third-order valence-corrected chi connectivity index (χ3v) is 3.26. The third-order valence-electron chi connectivity index (χ3n) is 3.26. The average Bonchev–Trinajstić information content (AvgIpc) is 2.44. The number of nitrogens with two attached hydrogens (primary N) is 1. The molecule has 0 aliphatic carbocycles. The molecule has 0 heterocycles. The molecule has 1 amide bonds. The fourth-order valence-corrected chi connectivity index (χ4v) is 1.97. The molecule has 19 heavy (non-hydrogen) atoms. The summed E-state index contributed by atoms with van der Waals surface area (Å²) in [6.45, 7) is 7.77. The molecule has 3 N–H and O–H groups in total. The first-order valence-electron chi connectivity index (χ1n) is 6.97. The van der Waals surface area contributed by atoms with Crippen LogP contribution in [0.25, 0.3) is 0 Å². The number of amides is 1. The SMILES string of the molecule is CCN(CC)CCNC(=O)[C@H](N)Cc1ccccc1. The van der Waals surface area contributed by atoms with E-state index in [2.05, 4.69) is 24.1 Å². The molecule has 1 rings (SSSR count). The summed E-state index contributed by atoms with van der Waals surface area (Å²) in [4.78, 5) is 14.1. The number of carbonyl (C=O) groups is 1. The molecule has 0 aliphatic rings. The molecule has 4 heteroatoms. The van der Waals surface area contributed by atoms with Crippen molar-refractivity contribution in [3.63, 3.8) is 0 Å². The van der Waals surface area contributed by atoms with E-state index in [1.54, 1.807) is 0 Å². The van der Waals surface area contributed by atoms with Gasteiger partial charge in [0.15, 0.2) is 0 Å².